The summed E-state index contributed by atoms with van der Waals surface area (Å²) in [4.78, 5) is 4.13. The van der Waals surface area contributed by atoms with Gasteiger partial charge in [0.25, 0.3) is 0 Å². The predicted octanol–water partition coefficient (Wildman–Crippen LogP) is 4.37. The average molecular weight is 313 g/mol. The van der Waals surface area contributed by atoms with Gasteiger partial charge in [-0.15, -0.1) is 13.2 Å². The molecule has 0 saturated carbocycles. The second kappa shape index (κ2) is 6.02. The number of pyridine rings is 1. The molecule has 0 fully saturated rings. The van der Waals surface area contributed by atoms with Crippen LogP contribution in [0, 0.1) is 11.3 Å². The molecule has 7 heteroatoms. The standard InChI is InChI=1S/C14H8ClF3N2O/c15-11-7-10(5-6-19)13(20-8-11)9-1-3-12(4-2-9)21-14(16,17)18/h1-4,7-8H,5H2. The molecule has 108 valence electrons. The largest absolute Gasteiger partial charge is 0.573 e. The van der Waals surface area contributed by atoms with Gasteiger partial charge >= 0.3 is 6.36 Å². The maximum Gasteiger partial charge on any atom is 0.573 e. The zero-order valence-electron chi connectivity index (χ0n) is 10.5. The number of aromatic nitrogens is 1. The smallest absolute Gasteiger partial charge is 0.406 e. The quantitative estimate of drug-likeness (QED) is 0.845. The lowest BCUT2D eigenvalue weighted by Crippen LogP contribution is -2.16. The zero-order valence-corrected chi connectivity index (χ0v) is 11.2. The summed E-state index contributed by atoms with van der Waals surface area (Å²) in [6.07, 6.45) is -3.21. The highest BCUT2D eigenvalue weighted by Crippen LogP contribution is 2.28. The number of alkyl halides is 3. The molecule has 0 aliphatic heterocycles. The number of rotatable bonds is 3. The van der Waals surface area contributed by atoms with Crippen LogP contribution in [0.25, 0.3) is 11.3 Å². The Labute approximate surface area is 123 Å². The van der Waals surface area contributed by atoms with Crippen molar-refractivity contribution in [3.05, 3.63) is 47.1 Å². The van der Waals surface area contributed by atoms with E-state index in [1.165, 1.54) is 30.5 Å². The van der Waals surface area contributed by atoms with Gasteiger partial charge in [-0.05, 0) is 35.9 Å². The second-order valence-electron chi connectivity index (χ2n) is 4.07. The van der Waals surface area contributed by atoms with E-state index in [1.807, 2.05) is 6.07 Å². The third-order valence-corrected chi connectivity index (χ3v) is 2.77. The van der Waals surface area contributed by atoms with Gasteiger partial charge in [-0.3, -0.25) is 4.98 Å². The fourth-order valence-electron chi connectivity index (χ4n) is 1.78. The van der Waals surface area contributed by atoms with E-state index in [2.05, 4.69) is 9.72 Å². The van der Waals surface area contributed by atoms with E-state index in [-0.39, 0.29) is 12.2 Å². The average Bonchev–Trinajstić information content (AvgIpc) is 2.39. The Morgan fingerprint density at radius 2 is 1.90 bits per heavy atom. The van der Waals surface area contributed by atoms with Gasteiger partial charge in [-0.1, -0.05) is 11.6 Å². The second-order valence-corrected chi connectivity index (χ2v) is 4.50. The van der Waals surface area contributed by atoms with Crippen LogP contribution in [-0.2, 0) is 6.42 Å². The van der Waals surface area contributed by atoms with Crippen LogP contribution in [0.3, 0.4) is 0 Å². The maximum absolute atomic E-state index is 12.1. The van der Waals surface area contributed by atoms with E-state index < -0.39 is 6.36 Å². The van der Waals surface area contributed by atoms with Crippen LogP contribution >= 0.6 is 11.6 Å². The van der Waals surface area contributed by atoms with Crippen LogP contribution < -0.4 is 4.74 Å². The summed E-state index contributed by atoms with van der Waals surface area (Å²) in [5.41, 5.74) is 1.68. The molecule has 0 spiro atoms. The summed E-state index contributed by atoms with van der Waals surface area (Å²) in [7, 11) is 0. The van der Waals surface area contributed by atoms with Gasteiger partial charge in [0.15, 0.2) is 0 Å². The highest BCUT2D eigenvalue weighted by molar-refractivity contribution is 6.30. The highest BCUT2D eigenvalue weighted by Gasteiger charge is 2.31. The summed E-state index contributed by atoms with van der Waals surface area (Å²) in [6.45, 7) is 0. The molecule has 0 N–H and O–H groups in total. The number of hydrogen-bond acceptors (Lipinski definition) is 3. The normalized spacial score (nSPS) is 11.0. The lowest BCUT2D eigenvalue weighted by molar-refractivity contribution is -0.274. The van der Waals surface area contributed by atoms with Crippen LogP contribution in [0.1, 0.15) is 5.56 Å². The Hall–Kier alpha value is -2.26. The molecule has 0 atom stereocenters. The summed E-state index contributed by atoms with van der Waals surface area (Å²) in [5, 5.41) is 9.18. The number of benzene rings is 1. The number of ether oxygens (including phenoxy) is 1. The van der Waals surface area contributed by atoms with Gasteiger partial charge < -0.3 is 4.74 Å². The minimum absolute atomic E-state index is 0.101. The fourth-order valence-corrected chi connectivity index (χ4v) is 1.96. The Bertz CT molecular complexity index is 678. The summed E-state index contributed by atoms with van der Waals surface area (Å²) >= 11 is 5.82. The Balaban J connectivity index is 2.33. The van der Waals surface area contributed by atoms with Crippen LogP contribution in [0.15, 0.2) is 36.5 Å². The Morgan fingerprint density at radius 3 is 2.48 bits per heavy atom. The molecule has 2 rings (SSSR count). The van der Waals surface area contributed by atoms with Gasteiger partial charge in [0.2, 0.25) is 0 Å². The summed E-state index contributed by atoms with van der Waals surface area (Å²) in [6, 6.07) is 8.86. The molecular formula is C14H8ClF3N2O. The molecule has 0 amide bonds. The highest BCUT2D eigenvalue weighted by atomic mass is 35.5. The first-order valence-corrected chi connectivity index (χ1v) is 6.14. The van der Waals surface area contributed by atoms with E-state index in [4.69, 9.17) is 16.9 Å². The first-order valence-electron chi connectivity index (χ1n) is 5.76. The number of nitrogens with zero attached hydrogens (tertiary/aromatic N) is 2. The van der Waals surface area contributed by atoms with Crippen molar-refractivity contribution in [2.45, 2.75) is 12.8 Å². The molecule has 2 aromatic rings. The Kier molecular flexibility index (Phi) is 4.34. The molecule has 21 heavy (non-hydrogen) atoms. The Morgan fingerprint density at radius 1 is 1.24 bits per heavy atom. The van der Waals surface area contributed by atoms with Crippen LogP contribution in [0.4, 0.5) is 13.2 Å². The number of nitriles is 1. The lowest BCUT2D eigenvalue weighted by Gasteiger charge is -2.10. The summed E-state index contributed by atoms with van der Waals surface area (Å²) < 4.78 is 40.1. The third kappa shape index (κ3) is 4.10. The van der Waals surface area contributed by atoms with Crippen molar-refractivity contribution in [1.82, 2.24) is 4.98 Å². The van der Waals surface area contributed by atoms with Crippen molar-refractivity contribution in [1.29, 1.82) is 5.26 Å². The van der Waals surface area contributed by atoms with E-state index >= 15 is 0 Å². The molecule has 0 bridgehead atoms. The van der Waals surface area contributed by atoms with E-state index in [1.54, 1.807) is 6.07 Å². The third-order valence-electron chi connectivity index (χ3n) is 2.56. The van der Waals surface area contributed by atoms with Crippen LogP contribution in [0.2, 0.25) is 5.02 Å². The number of hydrogen-bond donors (Lipinski definition) is 0. The van der Waals surface area contributed by atoms with Gasteiger partial charge in [0, 0.05) is 11.8 Å². The molecular weight excluding hydrogens is 305 g/mol. The SMILES string of the molecule is N#CCc1cc(Cl)cnc1-c1ccc(OC(F)(F)F)cc1. The topological polar surface area (TPSA) is 45.9 Å². The predicted molar refractivity (Wildman–Crippen MR) is 70.7 cm³/mol. The van der Waals surface area contributed by atoms with Crippen molar-refractivity contribution in [2.24, 2.45) is 0 Å². The monoisotopic (exact) mass is 312 g/mol. The van der Waals surface area contributed by atoms with Crippen molar-refractivity contribution in [3.63, 3.8) is 0 Å². The van der Waals surface area contributed by atoms with Gasteiger partial charge in [-0.2, -0.15) is 5.26 Å². The van der Waals surface area contributed by atoms with Crippen LogP contribution in [0.5, 0.6) is 5.75 Å². The maximum atomic E-state index is 12.1. The van der Waals surface area contributed by atoms with E-state index in [9.17, 15) is 13.2 Å². The molecule has 1 aromatic carbocycles. The molecule has 3 nitrogen and oxygen atoms in total. The molecule has 0 aliphatic rings. The van der Waals surface area contributed by atoms with E-state index in [0.29, 0.717) is 21.8 Å². The number of halogens is 4. The molecule has 1 aromatic heterocycles. The van der Waals surface area contributed by atoms with Crippen molar-refractivity contribution >= 4 is 11.6 Å². The van der Waals surface area contributed by atoms with Crippen molar-refractivity contribution < 1.29 is 17.9 Å². The molecule has 0 saturated heterocycles. The van der Waals surface area contributed by atoms with Crippen molar-refractivity contribution in [3.8, 4) is 23.1 Å². The molecule has 0 aliphatic carbocycles. The van der Waals surface area contributed by atoms with Crippen molar-refractivity contribution in [2.75, 3.05) is 0 Å². The molecule has 0 radical (unpaired) electrons. The van der Waals surface area contributed by atoms with Gasteiger partial charge in [0.1, 0.15) is 5.75 Å². The first-order chi connectivity index (χ1) is 9.89. The minimum atomic E-state index is -4.73. The van der Waals surface area contributed by atoms with E-state index in [0.717, 1.165) is 0 Å². The fraction of sp³-hybridized carbons (Fsp3) is 0.143. The van der Waals surface area contributed by atoms with Gasteiger partial charge in [0.05, 0.1) is 23.2 Å². The van der Waals surface area contributed by atoms with Crippen LogP contribution in [-0.4, -0.2) is 11.3 Å². The summed E-state index contributed by atoms with van der Waals surface area (Å²) in [5.74, 6) is -0.318. The zero-order chi connectivity index (χ0) is 15.5. The lowest BCUT2D eigenvalue weighted by atomic mass is 10.0. The molecule has 1 heterocycles. The van der Waals surface area contributed by atoms with Gasteiger partial charge in [-0.25, -0.2) is 0 Å². The first kappa shape index (κ1) is 15.1. The molecule has 0 unspecified atom stereocenters. The minimum Gasteiger partial charge on any atom is -0.406 e.